The Morgan fingerprint density at radius 2 is 1.81 bits per heavy atom. The zero-order valence-corrected chi connectivity index (χ0v) is 14.6. The Morgan fingerprint density at radius 1 is 1.12 bits per heavy atom. The van der Waals surface area contributed by atoms with E-state index in [-0.39, 0.29) is 12.0 Å². The average molecular weight is 352 g/mol. The summed E-state index contributed by atoms with van der Waals surface area (Å²) >= 11 is 0. The molecule has 1 atom stereocenters. The smallest absolute Gasteiger partial charge is 0.251 e. The molecule has 1 aromatic heterocycles. The standard InChI is InChI=1S/C21H18F2N2O/c1-3-14-8-15-4-5-16(9-19(15)25-20(14)26)21(2,12-24)11-13-6-17(22)10-18(23)7-13/h4-10H,3,11H2,1-2H3,(H,25,26)/t21-/m1/s1. The predicted octanol–water partition coefficient (Wildman–Crippen LogP) is 4.39. The highest BCUT2D eigenvalue weighted by atomic mass is 19.1. The second-order valence-corrected chi connectivity index (χ2v) is 6.68. The number of aromatic nitrogens is 1. The van der Waals surface area contributed by atoms with Crippen LogP contribution in [0, 0.1) is 23.0 Å². The van der Waals surface area contributed by atoms with Gasteiger partial charge in [0, 0.05) is 17.1 Å². The summed E-state index contributed by atoms with van der Waals surface area (Å²) < 4.78 is 26.9. The Morgan fingerprint density at radius 3 is 2.42 bits per heavy atom. The molecular weight excluding hydrogens is 334 g/mol. The van der Waals surface area contributed by atoms with Crippen molar-refractivity contribution in [3.8, 4) is 6.07 Å². The van der Waals surface area contributed by atoms with Crippen LogP contribution in [-0.4, -0.2) is 4.98 Å². The van der Waals surface area contributed by atoms with Gasteiger partial charge in [-0.2, -0.15) is 5.26 Å². The lowest BCUT2D eigenvalue weighted by molar-refractivity contribution is 0.564. The fourth-order valence-electron chi connectivity index (χ4n) is 3.18. The fraction of sp³-hybridized carbons (Fsp3) is 0.238. The summed E-state index contributed by atoms with van der Waals surface area (Å²) in [6.07, 6.45) is 0.787. The number of halogens is 2. The topological polar surface area (TPSA) is 56.6 Å². The number of benzene rings is 2. The Hall–Kier alpha value is -3.00. The van der Waals surface area contributed by atoms with E-state index in [0.29, 0.717) is 28.6 Å². The molecule has 132 valence electrons. The number of pyridine rings is 1. The largest absolute Gasteiger partial charge is 0.322 e. The van der Waals surface area contributed by atoms with Crippen molar-refractivity contribution in [3.05, 3.63) is 81.1 Å². The van der Waals surface area contributed by atoms with Gasteiger partial charge < -0.3 is 4.98 Å². The van der Waals surface area contributed by atoms with Gasteiger partial charge in [-0.1, -0.05) is 19.1 Å². The number of rotatable bonds is 4. The number of fused-ring (bicyclic) bond motifs is 1. The summed E-state index contributed by atoms with van der Waals surface area (Å²) in [6, 6.07) is 12.8. The van der Waals surface area contributed by atoms with Crippen LogP contribution in [0.3, 0.4) is 0 Å². The molecule has 1 N–H and O–H groups in total. The number of hydrogen-bond donors (Lipinski definition) is 1. The van der Waals surface area contributed by atoms with Crippen molar-refractivity contribution in [1.82, 2.24) is 4.98 Å². The molecule has 2 aromatic carbocycles. The van der Waals surface area contributed by atoms with E-state index in [2.05, 4.69) is 11.1 Å². The highest BCUT2D eigenvalue weighted by molar-refractivity contribution is 5.80. The minimum Gasteiger partial charge on any atom is -0.322 e. The van der Waals surface area contributed by atoms with Crippen molar-refractivity contribution >= 4 is 10.9 Å². The van der Waals surface area contributed by atoms with Gasteiger partial charge in [-0.3, -0.25) is 4.79 Å². The van der Waals surface area contributed by atoms with Gasteiger partial charge in [0.05, 0.1) is 11.5 Å². The van der Waals surface area contributed by atoms with Crippen molar-refractivity contribution in [2.24, 2.45) is 0 Å². The van der Waals surface area contributed by atoms with Gasteiger partial charge in [0.15, 0.2) is 0 Å². The van der Waals surface area contributed by atoms with E-state index in [9.17, 15) is 18.8 Å². The molecule has 0 radical (unpaired) electrons. The SMILES string of the molecule is CCc1cc2ccc([C@@](C)(C#N)Cc3cc(F)cc(F)c3)cc2[nH]c1=O. The quantitative estimate of drug-likeness (QED) is 0.757. The molecule has 0 saturated carbocycles. The van der Waals surface area contributed by atoms with Gasteiger partial charge in [0.1, 0.15) is 11.6 Å². The Balaban J connectivity index is 2.06. The lowest BCUT2D eigenvalue weighted by atomic mass is 9.78. The van der Waals surface area contributed by atoms with E-state index in [1.165, 1.54) is 12.1 Å². The number of aromatic amines is 1. The van der Waals surface area contributed by atoms with Gasteiger partial charge in [-0.05, 0) is 60.5 Å². The molecule has 26 heavy (non-hydrogen) atoms. The first-order valence-corrected chi connectivity index (χ1v) is 8.37. The van der Waals surface area contributed by atoms with Gasteiger partial charge in [-0.25, -0.2) is 8.78 Å². The van der Waals surface area contributed by atoms with Crippen LogP contribution in [0.2, 0.25) is 0 Å². The van der Waals surface area contributed by atoms with Crippen molar-refractivity contribution in [2.75, 3.05) is 0 Å². The highest BCUT2D eigenvalue weighted by Gasteiger charge is 2.28. The molecule has 0 spiro atoms. The predicted molar refractivity (Wildman–Crippen MR) is 97.0 cm³/mol. The Bertz CT molecular complexity index is 1060. The molecule has 0 bridgehead atoms. The summed E-state index contributed by atoms with van der Waals surface area (Å²) in [5.41, 5.74) is 1.27. The molecule has 5 heteroatoms. The van der Waals surface area contributed by atoms with Gasteiger partial charge in [0.25, 0.3) is 5.56 Å². The molecule has 3 rings (SSSR count). The first-order chi connectivity index (χ1) is 12.3. The minimum atomic E-state index is -0.991. The van der Waals surface area contributed by atoms with E-state index in [1.54, 1.807) is 13.0 Å². The molecule has 0 aliphatic heterocycles. The van der Waals surface area contributed by atoms with Crippen LogP contribution in [-0.2, 0) is 18.3 Å². The molecule has 3 nitrogen and oxygen atoms in total. The first-order valence-electron chi connectivity index (χ1n) is 8.37. The Labute approximate surface area is 149 Å². The van der Waals surface area contributed by atoms with Crippen LogP contribution >= 0.6 is 0 Å². The van der Waals surface area contributed by atoms with E-state index in [1.807, 2.05) is 25.1 Å². The number of nitrogens with one attached hydrogen (secondary N) is 1. The fourth-order valence-corrected chi connectivity index (χ4v) is 3.18. The van der Waals surface area contributed by atoms with Gasteiger partial charge in [-0.15, -0.1) is 0 Å². The molecule has 0 unspecified atom stereocenters. The van der Waals surface area contributed by atoms with Crippen molar-refractivity contribution in [1.29, 1.82) is 5.26 Å². The maximum absolute atomic E-state index is 13.5. The second kappa shape index (κ2) is 6.72. The normalized spacial score (nSPS) is 13.3. The summed E-state index contributed by atoms with van der Waals surface area (Å²) in [4.78, 5) is 14.9. The van der Waals surface area contributed by atoms with Crippen LogP contribution < -0.4 is 5.56 Å². The minimum absolute atomic E-state index is 0.150. The van der Waals surface area contributed by atoms with Gasteiger partial charge >= 0.3 is 0 Å². The molecule has 3 aromatic rings. The number of H-pyrrole nitrogens is 1. The van der Waals surface area contributed by atoms with E-state index >= 15 is 0 Å². The third kappa shape index (κ3) is 3.36. The lowest BCUT2D eigenvalue weighted by Gasteiger charge is -2.23. The van der Waals surface area contributed by atoms with Crippen LogP contribution in [0.1, 0.15) is 30.5 Å². The number of nitriles is 1. The third-order valence-corrected chi connectivity index (χ3v) is 4.67. The average Bonchev–Trinajstić information content (AvgIpc) is 2.59. The number of nitrogens with zero attached hydrogens (tertiary/aromatic N) is 1. The molecule has 1 heterocycles. The highest BCUT2D eigenvalue weighted by Crippen LogP contribution is 2.30. The van der Waals surface area contributed by atoms with Crippen LogP contribution in [0.15, 0.2) is 47.3 Å². The number of hydrogen-bond acceptors (Lipinski definition) is 2. The summed E-state index contributed by atoms with van der Waals surface area (Å²) in [5, 5.41) is 10.6. The molecule has 0 aliphatic rings. The van der Waals surface area contributed by atoms with Crippen LogP contribution in [0.25, 0.3) is 10.9 Å². The van der Waals surface area contributed by atoms with E-state index in [4.69, 9.17) is 0 Å². The first kappa shape index (κ1) is 17.8. The van der Waals surface area contributed by atoms with Crippen molar-refractivity contribution in [3.63, 3.8) is 0 Å². The van der Waals surface area contributed by atoms with E-state index in [0.717, 1.165) is 11.5 Å². The summed E-state index contributed by atoms with van der Waals surface area (Å²) in [6.45, 7) is 3.63. The van der Waals surface area contributed by atoms with Crippen molar-refractivity contribution in [2.45, 2.75) is 32.1 Å². The molecule has 0 amide bonds. The lowest BCUT2D eigenvalue weighted by Crippen LogP contribution is -2.23. The molecular formula is C21H18F2N2O. The zero-order valence-electron chi connectivity index (χ0n) is 14.6. The summed E-state index contributed by atoms with van der Waals surface area (Å²) in [5.74, 6) is -1.34. The maximum Gasteiger partial charge on any atom is 0.251 e. The second-order valence-electron chi connectivity index (χ2n) is 6.68. The van der Waals surface area contributed by atoms with E-state index < -0.39 is 17.0 Å². The zero-order chi connectivity index (χ0) is 18.9. The third-order valence-electron chi connectivity index (χ3n) is 4.67. The van der Waals surface area contributed by atoms with Gasteiger partial charge in [0.2, 0.25) is 0 Å². The molecule has 0 saturated heterocycles. The van der Waals surface area contributed by atoms with Crippen LogP contribution in [0.5, 0.6) is 0 Å². The number of aryl methyl sites for hydroxylation is 1. The monoisotopic (exact) mass is 352 g/mol. The molecule has 0 aliphatic carbocycles. The molecule has 0 fully saturated rings. The van der Waals surface area contributed by atoms with Crippen molar-refractivity contribution < 1.29 is 8.78 Å². The maximum atomic E-state index is 13.5. The summed E-state index contributed by atoms with van der Waals surface area (Å²) in [7, 11) is 0. The van der Waals surface area contributed by atoms with Crippen LogP contribution in [0.4, 0.5) is 8.78 Å². The Kier molecular flexibility index (Phi) is 4.60.